The number of halogens is 2. The highest BCUT2D eigenvalue weighted by molar-refractivity contribution is 5.76. The van der Waals surface area contributed by atoms with Gasteiger partial charge in [0.15, 0.2) is 0 Å². The van der Waals surface area contributed by atoms with E-state index >= 15 is 0 Å². The molecular weight excluding hydrogens is 356 g/mol. The molecule has 0 atom stereocenters. The van der Waals surface area contributed by atoms with Crippen molar-refractivity contribution in [2.45, 2.75) is 26.0 Å². The summed E-state index contributed by atoms with van der Waals surface area (Å²) < 4.78 is 39.2. The van der Waals surface area contributed by atoms with E-state index in [0.717, 1.165) is 11.1 Å². The van der Waals surface area contributed by atoms with Crippen LogP contribution < -0.4 is 14.2 Å². The molecule has 0 fully saturated rings. The Hall–Kier alpha value is -2.83. The number of alkyl halides is 2. The van der Waals surface area contributed by atoms with Gasteiger partial charge in [-0.1, -0.05) is 12.1 Å². The molecule has 0 saturated carbocycles. The molecule has 0 spiro atoms. The van der Waals surface area contributed by atoms with E-state index < -0.39 is 6.61 Å². The molecule has 146 valence electrons. The number of methoxy groups -OCH3 is 2. The Balaban J connectivity index is 1.92. The van der Waals surface area contributed by atoms with Crippen LogP contribution in [0.4, 0.5) is 8.78 Å². The number of aryl methyl sites for hydroxylation is 1. The molecule has 0 unspecified atom stereocenters. The average Bonchev–Trinajstić information content (AvgIpc) is 2.66. The van der Waals surface area contributed by atoms with E-state index in [1.165, 1.54) is 12.1 Å². The fourth-order valence-electron chi connectivity index (χ4n) is 2.65. The van der Waals surface area contributed by atoms with Gasteiger partial charge >= 0.3 is 6.61 Å². The lowest BCUT2D eigenvalue weighted by Crippen LogP contribution is -2.26. The molecular formula is C20H23F2NO4. The molecule has 0 aliphatic carbocycles. The second-order valence-corrected chi connectivity index (χ2v) is 5.95. The van der Waals surface area contributed by atoms with Crippen molar-refractivity contribution < 1.29 is 27.8 Å². The van der Waals surface area contributed by atoms with E-state index in [1.807, 2.05) is 12.1 Å². The Kier molecular flexibility index (Phi) is 7.40. The normalized spacial score (nSPS) is 10.6. The van der Waals surface area contributed by atoms with Gasteiger partial charge in [0.25, 0.3) is 0 Å². The van der Waals surface area contributed by atoms with Gasteiger partial charge in [-0.3, -0.25) is 4.79 Å². The molecule has 0 saturated heterocycles. The zero-order valence-electron chi connectivity index (χ0n) is 15.6. The van der Waals surface area contributed by atoms with Crippen LogP contribution in [0.15, 0.2) is 42.5 Å². The Morgan fingerprint density at radius 3 is 2.30 bits per heavy atom. The van der Waals surface area contributed by atoms with Crippen molar-refractivity contribution in [1.82, 2.24) is 4.90 Å². The summed E-state index contributed by atoms with van der Waals surface area (Å²) in [5.74, 6) is 1.47. The number of rotatable bonds is 9. The minimum atomic E-state index is -2.85. The second kappa shape index (κ2) is 9.75. The first-order valence-electron chi connectivity index (χ1n) is 8.41. The first kappa shape index (κ1) is 20.5. The molecule has 2 rings (SSSR count). The third-order valence-corrected chi connectivity index (χ3v) is 4.09. The van der Waals surface area contributed by atoms with Gasteiger partial charge in [-0.05, 0) is 47.9 Å². The van der Waals surface area contributed by atoms with Gasteiger partial charge in [0, 0.05) is 20.0 Å². The lowest BCUT2D eigenvalue weighted by atomic mass is 10.1. The summed E-state index contributed by atoms with van der Waals surface area (Å²) in [6.45, 7) is -2.48. The molecule has 0 aromatic heterocycles. The SMILES string of the molecule is COc1ccc(OC)c(CCC(=O)N(C)Cc2ccc(OC(F)F)cc2)c1. The highest BCUT2D eigenvalue weighted by Gasteiger charge is 2.13. The molecule has 0 heterocycles. The molecule has 27 heavy (non-hydrogen) atoms. The van der Waals surface area contributed by atoms with Crippen LogP contribution in [0.2, 0.25) is 0 Å². The number of nitrogens with zero attached hydrogens (tertiary/aromatic N) is 1. The molecule has 0 aliphatic rings. The van der Waals surface area contributed by atoms with Crippen LogP contribution in [-0.4, -0.2) is 38.7 Å². The molecule has 0 aliphatic heterocycles. The first-order valence-corrected chi connectivity index (χ1v) is 8.41. The maximum absolute atomic E-state index is 12.4. The summed E-state index contributed by atoms with van der Waals surface area (Å²) in [4.78, 5) is 14.0. The van der Waals surface area contributed by atoms with Gasteiger partial charge in [0.2, 0.25) is 5.91 Å². The van der Waals surface area contributed by atoms with E-state index in [9.17, 15) is 13.6 Å². The summed E-state index contributed by atoms with van der Waals surface area (Å²) in [6, 6.07) is 11.7. The van der Waals surface area contributed by atoms with Crippen molar-refractivity contribution in [1.29, 1.82) is 0 Å². The Morgan fingerprint density at radius 2 is 1.70 bits per heavy atom. The summed E-state index contributed by atoms with van der Waals surface area (Å²) in [5.41, 5.74) is 1.72. The van der Waals surface area contributed by atoms with Gasteiger partial charge < -0.3 is 19.1 Å². The van der Waals surface area contributed by atoms with Crippen molar-refractivity contribution in [2.24, 2.45) is 0 Å². The second-order valence-electron chi connectivity index (χ2n) is 5.95. The van der Waals surface area contributed by atoms with Gasteiger partial charge in [0.1, 0.15) is 17.2 Å². The molecule has 0 N–H and O–H groups in total. The number of hydrogen-bond donors (Lipinski definition) is 0. The van der Waals surface area contributed by atoms with Crippen LogP contribution in [0, 0.1) is 0 Å². The lowest BCUT2D eigenvalue weighted by molar-refractivity contribution is -0.130. The van der Waals surface area contributed by atoms with Gasteiger partial charge in [-0.15, -0.1) is 0 Å². The van der Waals surface area contributed by atoms with Gasteiger partial charge in [-0.2, -0.15) is 8.78 Å². The van der Waals surface area contributed by atoms with Crippen LogP contribution in [-0.2, 0) is 17.8 Å². The number of carbonyl (C=O) groups is 1. The van der Waals surface area contributed by atoms with Crippen molar-refractivity contribution in [3.05, 3.63) is 53.6 Å². The summed E-state index contributed by atoms with van der Waals surface area (Å²) in [6.07, 6.45) is 0.831. The monoisotopic (exact) mass is 379 g/mol. The van der Waals surface area contributed by atoms with E-state index in [4.69, 9.17) is 9.47 Å². The van der Waals surface area contributed by atoms with Gasteiger partial charge in [0.05, 0.1) is 14.2 Å². The van der Waals surface area contributed by atoms with Gasteiger partial charge in [-0.25, -0.2) is 0 Å². The number of amides is 1. The van der Waals surface area contributed by atoms with Crippen molar-refractivity contribution in [3.63, 3.8) is 0 Å². The number of ether oxygens (including phenoxy) is 3. The Labute approximate surface area is 157 Å². The molecule has 1 amide bonds. The van der Waals surface area contributed by atoms with Crippen molar-refractivity contribution >= 4 is 5.91 Å². The lowest BCUT2D eigenvalue weighted by Gasteiger charge is -2.18. The average molecular weight is 379 g/mol. The minimum Gasteiger partial charge on any atom is -0.497 e. The van der Waals surface area contributed by atoms with Crippen LogP contribution in [0.25, 0.3) is 0 Å². The van der Waals surface area contributed by atoms with E-state index in [0.29, 0.717) is 30.9 Å². The van der Waals surface area contributed by atoms with Crippen molar-refractivity contribution in [3.8, 4) is 17.2 Å². The van der Waals surface area contributed by atoms with E-state index in [1.54, 1.807) is 44.4 Å². The fourth-order valence-corrected chi connectivity index (χ4v) is 2.65. The first-order chi connectivity index (χ1) is 12.9. The Bertz CT molecular complexity index is 750. The summed E-state index contributed by atoms with van der Waals surface area (Å²) in [5, 5.41) is 0. The maximum Gasteiger partial charge on any atom is 0.387 e. The molecule has 0 radical (unpaired) electrons. The number of carbonyl (C=O) groups excluding carboxylic acids is 1. The molecule has 2 aromatic carbocycles. The molecule has 5 nitrogen and oxygen atoms in total. The fraction of sp³-hybridized carbons (Fsp3) is 0.350. The predicted molar refractivity (Wildman–Crippen MR) is 97.4 cm³/mol. The number of benzene rings is 2. The van der Waals surface area contributed by atoms with Crippen LogP contribution >= 0.6 is 0 Å². The quantitative estimate of drug-likeness (QED) is 0.663. The van der Waals surface area contributed by atoms with Crippen LogP contribution in [0.3, 0.4) is 0 Å². The highest BCUT2D eigenvalue weighted by atomic mass is 19.3. The predicted octanol–water partition coefficient (Wildman–Crippen LogP) is 3.90. The number of hydrogen-bond acceptors (Lipinski definition) is 4. The molecule has 2 aromatic rings. The smallest absolute Gasteiger partial charge is 0.387 e. The van der Waals surface area contributed by atoms with Crippen molar-refractivity contribution in [2.75, 3.05) is 21.3 Å². The minimum absolute atomic E-state index is 0.0345. The van der Waals surface area contributed by atoms with Crippen LogP contribution in [0.5, 0.6) is 17.2 Å². The maximum atomic E-state index is 12.4. The third kappa shape index (κ3) is 6.13. The summed E-state index contributed by atoms with van der Waals surface area (Å²) >= 11 is 0. The molecule has 0 bridgehead atoms. The molecule has 7 heteroatoms. The highest BCUT2D eigenvalue weighted by Crippen LogP contribution is 2.25. The largest absolute Gasteiger partial charge is 0.497 e. The topological polar surface area (TPSA) is 48.0 Å². The Morgan fingerprint density at radius 1 is 1.04 bits per heavy atom. The van der Waals surface area contributed by atoms with Crippen LogP contribution in [0.1, 0.15) is 17.5 Å². The van der Waals surface area contributed by atoms with E-state index in [-0.39, 0.29) is 11.7 Å². The van der Waals surface area contributed by atoms with E-state index in [2.05, 4.69) is 4.74 Å². The third-order valence-electron chi connectivity index (χ3n) is 4.09. The summed E-state index contributed by atoms with van der Waals surface area (Å²) in [7, 11) is 4.87. The zero-order chi connectivity index (χ0) is 19.8. The standard InChI is InChI=1S/C20H23F2NO4/c1-23(13-14-4-7-16(8-5-14)27-20(21)22)19(24)11-6-15-12-17(25-2)9-10-18(15)26-3/h4-5,7-10,12,20H,6,11,13H2,1-3H3. The zero-order valence-corrected chi connectivity index (χ0v) is 15.6.